The lowest BCUT2D eigenvalue weighted by atomic mass is 10.1. The van der Waals surface area contributed by atoms with E-state index in [9.17, 15) is 4.79 Å². The Morgan fingerprint density at radius 1 is 1.15 bits per heavy atom. The molecular formula is C16H17N3O. The maximum Gasteiger partial charge on any atom is 0.324 e. The molecule has 0 spiro atoms. The van der Waals surface area contributed by atoms with Crippen molar-refractivity contribution in [2.45, 2.75) is 26.2 Å². The van der Waals surface area contributed by atoms with E-state index >= 15 is 0 Å². The summed E-state index contributed by atoms with van der Waals surface area (Å²) in [5.74, 6) is 0.589. The number of nitrogens with one attached hydrogen (secondary N) is 2. The number of fused-ring (bicyclic) bond motifs is 1. The number of carbonyl (C=O) groups is 1. The molecule has 1 aromatic heterocycles. The normalized spacial score (nSPS) is 12.8. The van der Waals surface area contributed by atoms with Gasteiger partial charge in [-0.15, -0.1) is 0 Å². The minimum atomic E-state index is -0.259. The first-order chi connectivity index (χ1) is 9.72. The van der Waals surface area contributed by atoms with E-state index in [0.717, 1.165) is 24.1 Å². The first-order valence-corrected chi connectivity index (χ1v) is 6.84. The van der Waals surface area contributed by atoms with Gasteiger partial charge in [-0.25, -0.2) is 9.78 Å². The number of amides is 2. The maximum atomic E-state index is 12.0. The molecule has 2 amide bonds. The van der Waals surface area contributed by atoms with Gasteiger partial charge in [0, 0.05) is 11.9 Å². The summed E-state index contributed by atoms with van der Waals surface area (Å²) in [6.45, 7) is 1.91. The van der Waals surface area contributed by atoms with Gasteiger partial charge in [-0.05, 0) is 61.1 Å². The highest BCUT2D eigenvalue weighted by Crippen LogP contribution is 2.25. The Morgan fingerprint density at radius 2 is 2.00 bits per heavy atom. The molecule has 0 radical (unpaired) electrons. The van der Waals surface area contributed by atoms with Gasteiger partial charge in [-0.3, -0.25) is 5.32 Å². The minimum absolute atomic E-state index is 0.259. The van der Waals surface area contributed by atoms with Gasteiger partial charge in [0.05, 0.1) is 0 Å². The fourth-order valence-corrected chi connectivity index (χ4v) is 2.54. The zero-order chi connectivity index (χ0) is 13.9. The van der Waals surface area contributed by atoms with Crippen molar-refractivity contribution < 1.29 is 4.79 Å². The van der Waals surface area contributed by atoms with Crippen LogP contribution < -0.4 is 10.6 Å². The van der Waals surface area contributed by atoms with E-state index in [1.807, 2.05) is 25.1 Å². The molecule has 4 nitrogen and oxygen atoms in total. The molecule has 1 heterocycles. The predicted octanol–water partition coefficient (Wildman–Crippen LogP) is 3.52. The molecule has 0 saturated carbocycles. The van der Waals surface area contributed by atoms with Crippen LogP contribution in [0.5, 0.6) is 0 Å². The predicted molar refractivity (Wildman–Crippen MR) is 80.1 cm³/mol. The standard InChI is InChI=1S/C16H17N3O/c1-11-4-3-9-17-15(11)19-16(20)18-14-8-7-12-5-2-6-13(12)10-14/h3-4,7-10H,2,5-6H2,1H3,(H2,17,18,19,20). The van der Waals surface area contributed by atoms with Crippen molar-refractivity contribution >= 4 is 17.5 Å². The third kappa shape index (κ3) is 2.64. The second kappa shape index (κ2) is 5.33. The van der Waals surface area contributed by atoms with Crippen molar-refractivity contribution in [1.82, 2.24) is 4.98 Å². The molecule has 1 aliphatic carbocycles. The lowest BCUT2D eigenvalue weighted by molar-refractivity contribution is 0.262. The number of hydrogen-bond acceptors (Lipinski definition) is 2. The average molecular weight is 267 g/mol. The van der Waals surface area contributed by atoms with Gasteiger partial charge in [0.15, 0.2) is 0 Å². The number of aryl methyl sites for hydroxylation is 3. The minimum Gasteiger partial charge on any atom is -0.308 e. The molecule has 0 aliphatic heterocycles. The van der Waals surface area contributed by atoms with Gasteiger partial charge in [0.2, 0.25) is 0 Å². The van der Waals surface area contributed by atoms with Crippen molar-refractivity contribution in [3.63, 3.8) is 0 Å². The Labute approximate surface area is 118 Å². The van der Waals surface area contributed by atoms with Crippen LogP contribution in [0, 0.1) is 6.92 Å². The third-order valence-corrected chi connectivity index (χ3v) is 3.60. The SMILES string of the molecule is Cc1cccnc1NC(=O)Nc1ccc2c(c1)CCC2. The lowest BCUT2D eigenvalue weighted by Gasteiger charge is -2.10. The van der Waals surface area contributed by atoms with E-state index in [1.165, 1.54) is 17.5 Å². The number of carbonyl (C=O) groups excluding carboxylic acids is 1. The Morgan fingerprint density at radius 3 is 2.85 bits per heavy atom. The number of hydrogen-bond donors (Lipinski definition) is 2. The molecule has 3 rings (SSSR count). The average Bonchev–Trinajstić information content (AvgIpc) is 2.89. The highest BCUT2D eigenvalue weighted by molar-refractivity contribution is 5.99. The second-order valence-corrected chi connectivity index (χ2v) is 5.09. The quantitative estimate of drug-likeness (QED) is 0.874. The molecule has 2 N–H and O–H groups in total. The van der Waals surface area contributed by atoms with Gasteiger partial charge < -0.3 is 5.32 Å². The van der Waals surface area contributed by atoms with Crippen LogP contribution in [0.15, 0.2) is 36.5 Å². The number of urea groups is 1. The highest BCUT2D eigenvalue weighted by atomic mass is 16.2. The fraction of sp³-hybridized carbons (Fsp3) is 0.250. The zero-order valence-electron chi connectivity index (χ0n) is 11.4. The Kier molecular flexibility index (Phi) is 3.37. The van der Waals surface area contributed by atoms with Crippen LogP contribution in [0.4, 0.5) is 16.3 Å². The topological polar surface area (TPSA) is 54.0 Å². The summed E-state index contributed by atoms with van der Waals surface area (Å²) in [7, 11) is 0. The molecule has 4 heteroatoms. The molecule has 1 aliphatic rings. The molecule has 0 fully saturated rings. The maximum absolute atomic E-state index is 12.0. The van der Waals surface area contributed by atoms with Crippen molar-refractivity contribution in [1.29, 1.82) is 0 Å². The molecule has 20 heavy (non-hydrogen) atoms. The van der Waals surface area contributed by atoms with Crippen LogP contribution in [0.25, 0.3) is 0 Å². The first kappa shape index (κ1) is 12.7. The summed E-state index contributed by atoms with van der Waals surface area (Å²) in [4.78, 5) is 16.1. The van der Waals surface area contributed by atoms with Crippen LogP contribution in [0.1, 0.15) is 23.1 Å². The van der Waals surface area contributed by atoms with Gasteiger partial charge >= 0.3 is 6.03 Å². The Hall–Kier alpha value is -2.36. The van der Waals surface area contributed by atoms with Crippen LogP contribution in [0.2, 0.25) is 0 Å². The first-order valence-electron chi connectivity index (χ1n) is 6.84. The van der Waals surface area contributed by atoms with Crippen LogP contribution >= 0.6 is 0 Å². The molecule has 1 aromatic carbocycles. The second-order valence-electron chi connectivity index (χ2n) is 5.09. The molecule has 102 valence electrons. The highest BCUT2D eigenvalue weighted by Gasteiger charge is 2.12. The smallest absolute Gasteiger partial charge is 0.308 e. The molecule has 0 saturated heterocycles. The number of anilines is 2. The molecule has 2 aromatic rings. The Bertz CT molecular complexity index is 652. The van der Waals surface area contributed by atoms with Crippen LogP contribution in [-0.4, -0.2) is 11.0 Å². The molecule has 0 unspecified atom stereocenters. The van der Waals surface area contributed by atoms with Crippen molar-refractivity contribution in [2.75, 3.05) is 10.6 Å². The number of aromatic nitrogens is 1. The van der Waals surface area contributed by atoms with Gasteiger partial charge in [-0.1, -0.05) is 12.1 Å². The summed E-state index contributed by atoms with van der Waals surface area (Å²) >= 11 is 0. The largest absolute Gasteiger partial charge is 0.324 e. The number of pyridine rings is 1. The van der Waals surface area contributed by atoms with E-state index in [-0.39, 0.29) is 6.03 Å². The third-order valence-electron chi connectivity index (χ3n) is 3.60. The number of nitrogens with zero attached hydrogens (tertiary/aromatic N) is 1. The van der Waals surface area contributed by atoms with E-state index in [0.29, 0.717) is 5.82 Å². The van der Waals surface area contributed by atoms with E-state index in [4.69, 9.17) is 0 Å². The summed E-state index contributed by atoms with van der Waals surface area (Å²) in [5, 5.41) is 5.62. The van der Waals surface area contributed by atoms with Crippen molar-refractivity contribution in [2.24, 2.45) is 0 Å². The Balaban J connectivity index is 1.69. The van der Waals surface area contributed by atoms with E-state index in [2.05, 4.69) is 27.8 Å². The molecule has 0 atom stereocenters. The summed E-state index contributed by atoms with van der Waals surface area (Å²) in [5.41, 5.74) is 4.52. The number of benzene rings is 1. The number of rotatable bonds is 2. The van der Waals surface area contributed by atoms with E-state index in [1.54, 1.807) is 6.20 Å². The van der Waals surface area contributed by atoms with Gasteiger partial charge in [0.25, 0.3) is 0 Å². The monoisotopic (exact) mass is 267 g/mol. The van der Waals surface area contributed by atoms with Crippen LogP contribution in [-0.2, 0) is 12.8 Å². The summed E-state index contributed by atoms with van der Waals surface area (Å²) < 4.78 is 0. The van der Waals surface area contributed by atoms with E-state index < -0.39 is 0 Å². The fourth-order valence-electron chi connectivity index (χ4n) is 2.54. The zero-order valence-corrected chi connectivity index (χ0v) is 11.4. The molecule has 0 bridgehead atoms. The van der Waals surface area contributed by atoms with Gasteiger partial charge in [-0.2, -0.15) is 0 Å². The van der Waals surface area contributed by atoms with Gasteiger partial charge in [0.1, 0.15) is 5.82 Å². The van der Waals surface area contributed by atoms with Crippen molar-refractivity contribution in [3.05, 3.63) is 53.2 Å². The van der Waals surface area contributed by atoms with Crippen LogP contribution in [0.3, 0.4) is 0 Å². The summed E-state index contributed by atoms with van der Waals surface area (Å²) in [6.07, 6.45) is 5.12. The lowest BCUT2D eigenvalue weighted by Crippen LogP contribution is -2.20. The molecular weight excluding hydrogens is 250 g/mol. The summed E-state index contributed by atoms with van der Waals surface area (Å²) in [6, 6.07) is 9.62. The van der Waals surface area contributed by atoms with Crippen molar-refractivity contribution in [3.8, 4) is 0 Å².